The van der Waals surface area contributed by atoms with E-state index in [1.807, 2.05) is 24.3 Å². The van der Waals surface area contributed by atoms with Crippen molar-refractivity contribution in [1.29, 1.82) is 0 Å². The number of ketones is 1. The lowest BCUT2D eigenvalue weighted by Crippen LogP contribution is -2.31. The predicted octanol–water partition coefficient (Wildman–Crippen LogP) is 4.19. The molecular weight excluding hydrogens is 371 g/mol. The average Bonchev–Trinajstić information content (AvgIpc) is 3.06. The Morgan fingerprint density at radius 2 is 1.97 bits per heavy atom. The highest BCUT2D eigenvalue weighted by Crippen LogP contribution is 2.42. The Kier molecular flexibility index (Phi) is 4.33. The molecule has 0 saturated heterocycles. The van der Waals surface area contributed by atoms with Crippen molar-refractivity contribution < 1.29 is 18.7 Å². The minimum Gasteiger partial charge on any atom is -0.478 e. The molecule has 2 aliphatic rings. The zero-order valence-corrected chi connectivity index (χ0v) is 15.5. The number of hydrogen-bond acceptors (Lipinski definition) is 5. The number of allylic oxidation sites excluding steroid dienone is 1. The summed E-state index contributed by atoms with van der Waals surface area (Å²) in [4.78, 5) is 19.1. The Labute approximate surface area is 167 Å². The molecule has 1 aromatic heterocycles. The van der Waals surface area contributed by atoms with E-state index in [1.165, 1.54) is 12.1 Å². The SMILES string of the molecule is O=C1/C(=C/c2ccccn2)Oc2c1ccc1c2CN(Cc2ccc(F)cc2)CO1. The molecule has 0 radical (unpaired) electrons. The van der Waals surface area contributed by atoms with Gasteiger partial charge in [0.25, 0.3) is 0 Å². The van der Waals surface area contributed by atoms with Crippen LogP contribution in [-0.4, -0.2) is 22.4 Å². The van der Waals surface area contributed by atoms with Crippen molar-refractivity contribution in [2.75, 3.05) is 6.73 Å². The van der Waals surface area contributed by atoms with Crippen LogP contribution in [0.3, 0.4) is 0 Å². The van der Waals surface area contributed by atoms with Gasteiger partial charge in [-0.25, -0.2) is 4.39 Å². The first-order valence-electron chi connectivity index (χ1n) is 9.28. The van der Waals surface area contributed by atoms with Gasteiger partial charge >= 0.3 is 0 Å². The summed E-state index contributed by atoms with van der Waals surface area (Å²) in [5, 5.41) is 0. The number of Topliss-reactive ketones (excluding diaryl/α,β-unsaturated/α-hetero) is 1. The largest absolute Gasteiger partial charge is 0.478 e. The van der Waals surface area contributed by atoms with Crippen molar-refractivity contribution in [2.45, 2.75) is 13.1 Å². The first-order valence-corrected chi connectivity index (χ1v) is 9.28. The fourth-order valence-electron chi connectivity index (χ4n) is 3.55. The van der Waals surface area contributed by atoms with Gasteiger partial charge < -0.3 is 9.47 Å². The second kappa shape index (κ2) is 7.14. The molecule has 144 valence electrons. The number of rotatable bonds is 3. The van der Waals surface area contributed by atoms with Crippen LogP contribution in [0.25, 0.3) is 6.08 Å². The molecule has 0 atom stereocenters. The third-order valence-corrected chi connectivity index (χ3v) is 4.97. The van der Waals surface area contributed by atoms with Crippen molar-refractivity contribution in [2.24, 2.45) is 0 Å². The molecule has 2 aliphatic heterocycles. The Morgan fingerprint density at radius 1 is 1.10 bits per heavy atom. The van der Waals surface area contributed by atoms with Crippen molar-refractivity contribution >= 4 is 11.9 Å². The van der Waals surface area contributed by atoms with Crippen molar-refractivity contribution in [3.63, 3.8) is 0 Å². The van der Waals surface area contributed by atoms with Gasteiger partial charge in [-0.15, -0.1) is 0 Å². The van der Waals surface area contributed by atoms with E-state index in [0.29, 0.717) is 42.6 Å². The molecular formula is C23H17FN2O3. The first kappa shape index (κ1) is 17.6. The number of hydrogen-bond donors (Lipinski definition) is 0. The van der Waals surface area contributed by atoms with E-state index >= 15 is 0 Å². The van der Waals surface area contributed by atoms with E-state index in [4.69, 9.17) is 9.47 Å². The number of carbonyl (C=O) groups excluding carboxylic acids is 1. The van der Waals surface area contributed by atoms with Crippen molar-refractivity contribution in [3.05, 3.63) is 94.8 Å². The highest BCUT2D eigenvalue weighted by atomic mass is 19.1. The minimum atomic E-state index is -0.258. The number of ether oxygens (including phenoxy) is 2. The maximum atomic E-state index is 13.1. The summed E-state index contributed by atoms with van der Waals surface area (Å²) in [6.07, 6.45) is 3.32. The molecule has 2 aromatic carbocycles. The monoisotopic (exact) mass is 388 g/mol. The van der Waals surface area contributed by atoms with E-state index in [1.54, 1.807) is 30.5 Å². The standard InChI is InChI=1S/C23H17FN2O3/c24-16-6-4-15(5-7-16)12-26-13-19-20(28-14-26)9-8-18-22(27)21(29-23(18)19)11-17-3-1-2-10-25-17/h1-11H,12-14H2/b21-11-. The Morgan fingerprint density at radius 3 is 2.76 bits per heavy atom. The van der Waals surface area contributed by atoms with Gasteiger partial charge in [-0.2, -0.15) is 0 Å². The second-order valence-corrected chi connectivity index (χ2v) is 7.00. The highest BCUT2D eigenvalue weighted by Gasteiger charge is 2.33. The lowest BCUT2D eigenvalue weighted by molar-refractivity contribution is 0.0872. The molecule has 6 heteroatoms. The zero-order valence-electron chi connectivity index (χ0n) is 15.5. The molecule has 0 N–H and O–H groups in total. The van der Waals surface area contributed by atoms with Crippen LogP contribution in [0.4, 0.5) is 4.39 Å². The van der Waals surface area contributed by atoms with Crippen LogP contribution in [0, 0.1) is 5.82 Å². The van der Waals surface area contributed by atoms with Gasteiger partial charge in [-0.05, 0) is 42.0 Å². The molecule has 5 rings (SSSR count). The van der Waals surface area contributed by atoms with E-state index in [9.17, 15) is 9.18 Å². The summed E-state index contributed by atoms with van der Waals surface area (Å²) in [6, 6.07) is 15.5. The smallest absolute Gasteiger partial charge is 0.232 e. The summed E-state index contributed by atoms with van der Waals surface area (Å²) >= 11 is 0. The zero-order chi connectivity index (χ0) is 19.8. The van der Waals surface area contributed by atoms with Crippen LogP contribution in [0.2, 0.25) is 0 Å². The normalized spacial score (nSPS) is 16.9. The Hall–Kier alpha value is -3.51. The molecule has 0 amide bonds. The molecule has 0 aliphatic carbocycles. The van der Waals surface area contributed by atoms with E-state index in [2.05, 4.69) is 9.88 Å². The van der Waals surface area contributed by atoms with Crippen LogP contribution >= 0.6 is 0 Å². The van der Waals surface area contributed by atoms with Crippen LogP contribution < -0.4 is 9.47 Å². The van der Waals surface area contributed by atoms with Gasteiger partial charge in [0.15, 0.2) is 5.76 Å². The fraction of sp³-hybridized carbons (Fsp3) is 0.130. The average molecular weight is 388 g/mol. The number of aromatic nitrogens is 1. The molecule has 0 fully saturated rings. The second-order valence-electron chi connectivity index (χ2n) is 7.00. The highest BCUT2D eigenvalue weighted by molar-refractivity contribution is 6.14. The van der Waals surface area contributed by atoms with Gasteiger partial charge in [-0.3, -0.25) is 14.7 Å². The van der Waals surface area contributed by atoms with E-state index in [-0.39, 0.29) is 17.4 Å². The summed E-state index contributed by atoms with van der Waals surface area (Å²) < 4.78 is 25.0. The lowest BCUT2D eigenvalue weighted by atomic mass is 10.0. The van der Waals surface area contributed by atoms with Gasteiger partial charge in [0.2, 0.25) is 5.78 Å². The summed E-state index contributed by atoms with van der Waals surface area (Å²) in [6.45, 7) is 1.59. The van der Waals surface area contributed by atoms with Crippen LogP contribution in [-0.2, 0) is 13.1 Å². The Bertz CT molecular complexity index is 1110. The van der Waals surface area contributed by atoms with Gasteiger partial charge in [0.05, 0.1) is 16.8 Å². The van der Waals surface area contributed by atoms with Gasteiger partial charge in [0, 0.05) is 25.4 Å². The van der Waals surface area contributed by atoms with Crippen LogP contribution in [0.5, 0.6) is 11.5 Å². The fourth-order valence-corrected chi connectivity index (χ4v) is 3.55. The molecule has 0 unspecified atom stereocenters. The third-order valence-electron chi connectivity index (χ3n) is 4.97. The number of nitrogens with zero attached hydrogens (tertiary/aromatic N) is 2. The summed E-state index contributed by atoms with van der Waals surface area (Å²) in [5.41, 5.74) is 3.01. The number of fused-ring (bicyclic) bond motifs is 3. The van der Waals surface area contributed by atoms with Gasteiger partial charge in [-0.1, -0.05) is 18.2 Å². The van der Waals surface area contributed by atoms with Crippen molar-refractivity contribution in [1.82, 2.24) is 9.88 Å². The number of pyridine rings is 1. The predicted molar refractivity (Wildman–Crippen MR) is 105 cm³/mol. The number of halogens is 1. The van der Waals surface area contributed by atoms with E-state index < -0.39 is 0 Å². The Balaban J connectivity index is 1.42. The quantitative estimate of drug-likeness (QED) is 0.630. The first-order chi connectivity index (χ1) is 14.2. The summed E-state index contributed by atoms with van der Waals surface area (Å²) in [5.74, 6) is 1.09. The molecule has 29 heavy (non-hydrogen) atoms. The third kappa shape index (κ3) is 3.39. The molecule has 0 saturated carbocycles. The topological polar surface area (TPSA) is 51.7 Å². The summed E-state index contributed by atoms with van der Waals surface area (Å²) in [7, 11) is 0. The maximum absolute atomic E-state index is 13.1. The number of carbonyl (C=O) groups is 1. The number of benzene rings is 2. The van der Waals surface area contributed by atoms with Gasteiger partial charge in [0.1, 0.15) is 24.0 Å². The molecule has 5 nitrogen and oxygen atoms in total. The minimum absolute atomic E-state index is 0.163. The maximum Gasteiger partial charge on any atom is 0.232 e. The molecule has 0 spiro atoms. The van der Waals surface area contributed by atoms with Crippen LogP contribution in [0.1, 0.15) is 27.2 Å². The molecule has 3 heterocycles. The molecule has 3 aromatic rings. The van der Waals surface area contributed by atoms with E-state index in [0.717, 1.165) is 11.1 Å². The van der Waals surface area contributed by atoms with Crippen LogP contribution in [0.15, 0.2) is 66.6 Å². The van der Waals surface area contributed by atoms with Crippen molar-refractivity contribution in [3.8, 4) is 11.5 Å². The molecule has 0 bridgehead atoms. The lowest BCUT2D eigenvalue weighted by Gasteiger charge is -2.29.